The molecule has 0 radical (unpaired) electrons. The van der Waals surface area contributed by atoms with Crippen molar-refractivity contribution in [2.75, 3.05) is 27.3 Å². The number of rotatable bonds is 11. The molecule has 0 saturated heterocycles. The lowest BCUT2D eigenvalue weighted by atomic mass is 10.2. The Morgan fingerprint density at radius 1 is 0.943 bits per heavy atom. The smallest absolute Gasteiger partial charge is 0.243 e. The molecule has 1 amide bonds. The third-order valence-electron chi connectivity index (χ3n) is 5.36. The minimum Gasteiger partial charge on any atom is -0.497 e. The van der Waals surface area contributed by atoms with Gasteiger partial charge in [0, 0.05) is 20.1 Å². The summed E-state index contributed by atoms with van der Waals surface area (Å²) in [5.74, 6) is 0.785. The monoisotopic (exact) mass is 516 g/mol. The van der Waals surface area contributed by atoms with Gasteiger partial charge < -0.3 is 14.4 Å². The van der Waals surface area contributed by atoms with Crippen LogP contribution < -0.4 is 9.47 Å². The van der Waals surface area contributed by atoms with E-state index in [2.05, 4.69) is 0 Å². The maximum atomic E-state index is 13.6. The first-order chi connectivity index (χ1) is 16.7. The summed E-state index contributed by atoms with van der Waals surface area (Å²) in [6, 6.07) is 20.8. The number of hydrogen-bond donors (Lipinski definition) is 0. The highest BCUT2D eigenvalue weighted by Crippen LogP contribution is 2.29. The van der Waals surface area contributed by atoms with E-state index in [-0.39, 0.29) is 28.9 Å². The number of likely N-dealkylation sites (N-methyl/N-ethyl adjacent to an activating group) is 1. The van der Waals surface area contributed by atoms with Gasteiger partial charge in [0.1, 0.15) is 11.5 Å². The third kappa shape index (κ3) is 6.97. The van der Waals surface area contributed by atoms with Crippen LogP contribution in [0.4, 0.5) is 0 Å². The molecule has 0 saturated carbocycles. The Bertz CT molecular complexity index is 1230. The SMILES string of the molecule is CCOc1ccc(S(=O)(=O)N(CC(=O)N(C)Cc2ccc(OC)cc2)Cc2ccccc2)cc1Cl. The molecule has 0 spiro atoms. The zero-order valence-electron chi connectivity index (χ0n) is 20.0. The molecule has 0 aliphatic carbocycles. The molecule has 3 aromatic rings. The zero-order valence-corrected chi connectivity index (χ0v) is 21.6. The van der Waals surface area contributed by atoms with Gasteiger partial charge in [-0.1, -0.05) is 54.1 Å². The van der Waals surface area contributed by atoms with Gasteiger partial charge in [0.25, 0.3) is 0 Å². The predicted octanol–water partition coefficient (Wildman–Crippen LogP) is 4.60. The topological polar surface area (TPSA) is 76.2 Å². The van der Waals surface area contributed by atoms with E-state index in [1.54, 1.807) is 14.2 Å². The first-order valence-electron chi connectivity index (χ1n) is 11.1. The minimum atomic E-state index is -4.03. The number of methoxy groups -OCH3 is 1. The highest BCUT2D eigenvalue weighted by molar-refractivity contribution is 7.89. The van der Waals surface area contributed by atoms with E-state index >= 15 is 0 Å². The maximum absolute atomic E-state index is 13.6. The molecule has 9 heteroatoms. The highest BCUT2D eigenvalue weighted by Gasteiger charge is 2.29. The van der Waals surface area contributed by atoms with Crippen molar-refractivity contribution in [1.82, 2.24) is 9.21 Å². The molecule has 0 aromatic heterocycles. The lowest BCUT2D eigenvalue weighted by Crippen LogP contribution is -2.40. The van der Waals surface area contributed by atoms with Crippen LogP contribution >= 0.6 is 11.6 Å². The molecule has 0 aliphatic heterocycles. The van der Waals surface area contributed by atoms with Crippen LogP contribution in [-0.2, 0) is 27.9 Å². The summed E-state index contributed by atoms with van der Waals surface area (Å²) in [7, 11) is -0.801. The van der Waals surface area contributed by atoms with Crippen molar-refractivity contribution in [3.8, 4) is 11.5 Å². The van der Waals surface area contributed by atoms with Gasteiger partial charge in [-0.05, 0) is 48.4 Å². The van der Waals surface area contributed by atoms with E-state index < -0.39 is 10.0 Å². The fourth-order valence-electron chi connectivity index (χ4n) is 3.44. The van der Waals surface area contributed by atoms with Crippen LogP contribution in [0.1, 0.15) is 18.1 Å². The average Bonchev–Trinajstić information content (AvgIpc) is 2.86. The maximum Gasteiger partial charge on any atom is 0.243 e. The van der Waals surface area contributed by atoms with Gasteiger partial charge in [-0.2, -0.15) is 4.31 Å². The Labute approximate surface area is 211 Å². The fourth-order valence-corrected chi connectivity index (χ4v) is 5.15. The van der Waals surface area contributed by atoms with Crippen molar-refractivity contribution < 1.29 is 22.7 Å². The summed E-state index contributed by atoms with van der Waals surface area (Å²) in [6.45, 7) is 2.26. The van der Waals surface area contributed by atoms with Gasteiger partial charge in [0.2, 0.25) is 15.9 Å². The molecule has 35 heavy (non-hydrogen) atoms. The number of sulfonamides is 1. The van der Waals surface area contributed by atoms with Crippen LogP contribution in [0.2, 0.25) is 5.02 Å². The van der Waals surface area contributed by atoms with Gasteiger partial charge in [0.15, 0.2) is 0 Å². The van der Waals surface area contributed by atoms with Crippen LogP contribution in [-0.4, -0.2) is 50.8 Å². The molecule has 7 nitrogen and oxygen atoms in total. The van der Waals surface area contributed by atoms with E-state index in [4.69, 9.17) is 21.1 Å². The lowest BCUT2D eigenvalue weighted by molar-refractivity contribution is -0.130. The largest absolute Gasteiger partial charge is 0.497 e. The molecule has 0 N–H and O–H groups in total. The van der Waals surface area contributed by atoms with Gasteiger partial charge in [-0.15, -0.1) is 0 Å². The molecule has 0 aliphatic rings. The number of nitrogens with zero attached hydrogens (tertiary/aromatic N) is 2. The molecular weight excluding hydrogens is 488 g/mol. The van der Waals surface area contributed by atoms with Gasteiger partial charge in [-0.3, -0.25) is 4.79 Å². The third-order valence-corrected chi connectivity index (χ3v) is 7.44. The van der Waals surface area contributed by atoms with Crippen LogP contribution in [0.15, 0.2) is 77.7 Å². The van der Waals surface area contributed by atoms with Crippen molar-refractivity contribution in [1.29, 1.82) is 0 Å². The van der Waals surface area contributed by atoms with Crippen molar-refractivity contribution in [3.63, 3.8) is 0 Å². The number of hydrogen-bond acceptors (Lipinski definition) is 5. The number of amides is 1. The Balaban J connectivity index is 1.84. The second-order valence-electron chi connectivity index (χ2n) is 7.88. The number of carbonyl (C=O) groups is 1. The Morgan fingerprint density at radius 2 is 1.60 bits per heavy atom. The van der Waals surface area contributed by atoms with Crippen molar-refractivity contribution in [2.24, 2.45) is 0 Å². The standard InChI is InChI=1S/C26H29ClN2O5S/c1-4-34-25-15-14-23(16-24(25)27)35(31,32)29(18-20-8-6-5-7-9-20)19-26(30)28(2)17-21-10-12-22(33-3)13-11-21/h5-16H,4,17-19H2,1-3H3. The number of benzene rings is 3. The van der Waals surface area contributed by atoms with E-state index in [0.29, 0.717) is 18.9 Å². The summed E-state index contributed by atoms with van der Waals surface area (Å²) in [5.41, 5.74) is 1.66. The first kappa shape index (κ1) is 26.5. The molecule has 0 bridgehead atoms. The number of carbonyl (C=O) groups excluding carboxylic acids is 1. The minimum absolute atomic E-state index is 0.00695. The number of halogens is 1. The molecule has 0 unspecified atom stereocenters. The van der Waals surface area contributed by atoms with E-state index in [1.165, 1.54) is 27.4 Å². The molecule has 0 fully saturated rings. The van der Waals surface area contributed by atoms with Gasteiger partial charge in [-0.25, -0.2) is 8.42 Å². The van der Waals surface area contributed by atoms with Crippen molar-refractivity contribution in [2.45, 2.75) is 24.9 Å². The average molecular weight is 517 g/mol. The first-order valence-corrected chi connectivity index (χ1v) is 12.9. The summed E-state index contributed by atoms with van der Waals surface area (Å²) in [4.78, 5) is 14.6. The molecular formula is C26H29ClN2O5S. The van der Waals surface area contributed by atoms with Crippen LogP contribution in [0.5, 0.6) is 11.5 Å². The highest BCUT2D eigenvalue weighted by atomic mass is 35.5. The Kier molecular flexibility index (Phi) is 9.14. The quantitative estimate of drug-likeness (QED) is 0.372. The molecule has 186 valence electrons. The Hall–Kier alpha value is -3.07. The van der Waals surface area contributed by atoms with Crippen LogP contribution in [0.25, 0.3) is 0 Å². The molecule has 0 atom stereocenters. The zero-order chi connectivity index (χ0) is 25.4. The summed E-state index contributed by atoms with van der Waals surface area (Å²) < 4.78 is 38.9. The van der Waals surface area contributed by atoms with Gasteiger partial charge >= 0.3 is 0 Å². The van der Waals surface area contributed by atoms with Crippen molar-refractivity contribution >= 4 is 27.5 Å². The summed E-state index contributed by atoms with van der Waals surface area (Å²) >= 11 is 6.26. The second-order valence-corrected chi connectivity index (χ2v) is 10.2. The van der Waals surface area contributed by atoms with E-state index in [1.807, 2.05) is 61.5 Å². The van der Waals surface area contributed by atoms with Gasteiger partial charge in [0.05, 0.1) is 30.2 Å². The van der Waals surface area contributed by atoms with Crippen LogP contribution in [0, 0.1) is 0 Å². The Morgan fingerprint density at radius 3 is 2.20 bits per heavy atom. The van der Waals surface area contributed by atoms with E-state index in [9.17, 15) is 13.2 Å². The van der Waals surface area contributed by atoms with E-state index in [0.717, 1.165) is 16.9 Å². The summed E-state index contributed by atoms with van der Waals surface area (Å²) in [6.07, 6.45) is 0. The fraction of sp³-hybridized carbons (Fsp3) is 0.269. The molecule has 3 rings (SSSR count). The normalized spacial score (nSPS) is 11.3. The van der Waals surface area contributed by atoms with Crippen LogP contribution in [0.3, 0.4) is 0 Å². The van der Waals surface area contributed by atoms with Crippen molar-refractivity contribution in [3.05, 3.63) is 88.9 Å². The molecule has 3 aromatic carbocycles. The number of ether oxygens (including phenoxy) is 2. The second kappa shape index (κ2) is 12.1. The predicted molar refractivity (Wildman–Crippen MR) is 136 cm³/mol. The lowest BCUT2D eigenvalue weighted by Gasteiger charge is -2.25. The summed E-state index contributed by atoms with van der Waals surface area (Å²) in [5, 5.41) is 0.190. The molecule has 0 heterocycles.